The third-order valence-electron chi connectivity index (χ3n) is 2.78. The Morgan fingerprint density at radius 2 is 1.83 bits per heavy atom. The second-order valence-electron chi connectivity index (χ2n) is 3.97. The molecule has 0 atom stereocenters. The first-order chi connectivity index (χ1) is 8.84. The number of fused-ring (bicyclic) bond motifs is 1. The Balaban J connectivity index is 1.83. The summed E-state index contributed by atoms with van der Waals surface area (Å²) in [4.78, 5) is 0. The fraction of sp³-hybridized carbons (Fsp3) is 0.0714. The van der Waals surface area contributed by atoms with Crippen molar-refractivity contribution < 1.29 is 0 Å². The Morgan fingerprint density at radius 3 is 2.72 bits per heavy atom. The molecule has 0 aliphatic heterocycles. The van der Waals surface area contributed by atoms with Gasteiger partial charge in [0.25, 0.3) is 0 Å². The SMILES string of the molecule is Clc1ccccc1CNc1snc2ccccc12. The van der Waals surface area contributed by atoms with Gasteiger partial charge in [-0.15, -0.1) is 0 Å². The van der Waals surface area contributed by atoms with Crippen LogP contribution in [-0.4, -0.2) is 4.37 Å². The Hall–Kier alpha value is -1.58. The summed E-state index contributed by atoms with van der Waals surface area (Å²) in [5.41, 5.74) is 2.13. The van der Waals surface area contributed by atoms with Gasteiger partial charge in [0, 0.05) is 17.0 Å². The Kier molecular flexibility index (Phi) is 3.17. The summed E-state index contributed by atoms with van der Waals surface area (Å²) >= 11 is 7.61. The van der Waals surface area contributed by atoms with Gasteiger partial charge in [-0.3, -0.25) is 0 Å². The highest BCUT2D eigenvalue weighted by Gasteiger charge is 2.05. The maximum atomic E-state index is 6.13. The number of aromatic nitrogens is 1. The summed E-state index contributed by atoms with van der Waals surface area (Å²) in [7, 11) is 0. The number of rotatable bonds is 3. The van der Waals surface area contributed by atoms with E-state index < -0.39 is 0 Å². The standard InChI is InChI=1S/C14H11ClN2S/c15-12-7-3-1-5-10(12)9-16-14-11-6-2-4-8-13(11)17-18-14/h1-8,16H,9H2. The maximum Gasteiger partial charge on any atom is 0.117 e. The van der Waals surface area contributed by atoms with Gasteiger partial charge in [0.05, 0.1) is 5.52 Å². The summed E-state index contributed by atoms with van der Waals surface area (Å²) < 4.78 is 4.40. The average molecular weight is 275 g/mol. The zero-order valence-corrected chi connectivity index (χ0v) is 11.1. The van der Waals surface area contributed by atoms with E-state index >= 15 is 0 Å². The molecular formula is C14H11ClN2S. The molecular weight excluding hydrogens is 264 g/mol. The van der Waals surface area contributed by atoms with Gasteiger partial charge < -0.3 is 5.32 Å². The summed E-state index contributed by atoms with van der Waals surface area (Å²) in [6, 6.07) is 16.0. The highest BCUT2D eigenvalue weighted by atomic mass is 35.5. The minimum atomic E-state index is 0.714. The second kappa shape index (κ2) is 4.96. The molecule has 2 aromatic carbocycles. The van der Waals surface area contributed by atoms with Gasteiger partial charge in [0.1, 0.15) is 5.00 Å². The van der Waals surface area contributed by atoms with E-state index in [0.717, 1.165) is 26.5 Å². The molecule has 0 aliphatic rings. The summed E-state index contributed by atoms with van der Waals surface area (Å²) in [5, 5.41) is 6.44. The van der Waals surface area contributed by atoms with E-state index in [9.17, 15) is 0 Å². The van der Waals surface area contributed by atoms with Crippen molar-refractivity contribution in [3.63, 3.8) is 0 Å². The second-order valence-corrected chi connectivity index (χ2v) is 5.15. The van der Waals surface area contributed by atoms with Crippen LogP contribution in [0.5, 0.6) is 0 Å². The van der Waals surface area contributed by atoms with Crippen LogP contribution in [0.1, 0.15) is 5.56 Å². The largest absolute Gasteiger partial charge is 0.371 e. The van der Waals surface area contributed by atoms with E-state index in [0.29, 0.717) is 6.54 Å². The Bertz CT molecular complexity index is 678. The van der Waals surface area contributed by atoms with E-state index in [2.05, 4.69) is 15.8 Å². The van der Waals surface area contributed by atoms with Gasteiger partial charge in [0.2, 0.25) is 0 Å². The Morgan fingerprint density at radius 1 is 1.06 bits per heavy atom. The smallest absolute Gasteiger partial charge is 0.117 e. The molecule has 0 spiro atoms. The van der Waals surface area contributed by atoms with Gasteiger partial charge in [-0.05, 0) is 35.3 Å². The summed E-state index contributed by atoms with van der Waals surface area (Å²) in [6.07, 6.45) is 0. The molecule has 0 aliphatic carbocycles. The first-order valence-corrected chi connectivity index (χ1v) is 6.81. The van der Waals surface area contributed by atoms with Gasteiger partial charge in [-0.1, -0.05) is 41.9 Å². The predicted molar refractivity (Wildman–Crippen MR) is 78.4 cm³/mol. The quantitative estimate of drug-likeness (QED) is 0.757. The molecule has 0 fully saturated rings. The van der Waals surface area contributed by atoms with E-state index in [-0.39, 0.29) is 0 Å². The third kappa shape index (κ3) is 2.19. The zero-order valence-electron chi connectivity index (χ0n) is 9.56. The molecule has 0 bridgehead atoms. The van der Waals surface area contributed by atoms with Crippen molar-refractivity contribution in [3.05, 3.63) is 59.1 Å². The van der Waals surface area contributed by atoms with Crippen molar-refractivity contribution in [2.45, 2.75) is 6.54 Å². The lowest BCUT2D eigenvalue weighted by Crippen LogP contribution is -1.98. The average Bonchev–Trinajstić information content (AvgIpc) is 2.81. The van der Waals surface area contributed by atoms with Crippen LogP contribution < -0.4 is 5.32 Å². The van der Waals surface area contributed by atoms with Gasteiger partial charge in [0.15, 0.2) is 0 Å². The van der Waals surface area contributed by atoms with Crippen LogP contribution in [0.2, 0.25) is 5.02 Å². The lowest BCUT2D eigenvalue weighted by molar-refractivity contribution is 1.16. The van der Waals surface area contributed by atoms with Crippen LogP contribution in [-0.2, 0) is 6.54 Å². The van der Waals surface area contributed by atoms with Crippen LogP contribution in [0.4, 0.5) is 5.00 Å². The molecule has 1 N–H and O–H groups in total. The molecule has 90 valence electrons. The van der Waals surface area contributed by atoms with Crippen molar-refractivity contribution in [2.24, 2.45) is 0 Å². The predicted octanol–water partition coefficient (Wildman–Crippen LogP) is 4.56. The fourth-order valence-corrected chi connectivity index (χ4v) is 2.79. The Labute approximate surface area is 114 Å². The van der Waals surface area contributed by atoms with Crippen LogP contribution in [0, 0.1) is 0 Å². The summed E-state index contributed by atoms with van der Waals surface area (Å²) in [5.74, 6) is 0. The molecule has 0 radical (unpaired) electrons. The van der Waals surface area contributed by atoms with E-state index in [1.165, 1.54) is 11.5 Å². The molecule has 3 aromatic rings. The molecule has 1 aromatic heterocycles. The number of anilines is 1. The van der Waals surface area contributed by atoms with Crippen molar-refractivity contribution in [1.82, 2.24) is 4.37 Å². The van der Waals surface area contributed by atoms with Crippen LogP contribution >= 0.6 is 23.1 Å². The van der Waals surface area contributed by atoms with Crippen LogP contribution in [0.15, 0.2) is 48.5 Å². The van der Waals surface area contributed by atoms with Gasteiger partial charge in [-0.2, -0.15) is 4.37 Å². The van der Waals surface area contributed by atoms with Crippen molar-refractivity contribution in [3.8, 4) is 0 Å². The molecule has 18 heavy (non-hydrogen) atoms. The zero-order chi connectivity index (χ0) is 12.4. The van der Waals surface area contributed by atoms with E-state index in [4.69, 9.17) is 11.6 Å². The van der Waals surface area contributed by atoms with Crippen LogP contribution in [0.3, 0.4) is 0 Å². The van der Waals surface area contributed by atoms with Gasteiger partial charge in [-0.25, -0.2) is 0 Å². The third-order valence-corrected chi connectivity index (χ3v) is 3.98. The molecule has 2 nitrogen and oxygen atoms in total. The summed E-state index contributed by atoms with van der Waals surface area (Å²) in [6.45, 7) is 0.714. The topological polar surface area (TPSA) is 24.9 Å². The van der Waals surface area contributed by atoms with Crippen molar-refractivity contribution in [2.75, 3.05) is 5.32 Å². The molecule has 1 heterocycles. The number of hydrogen-bond donors (Lipinski definition) is 1. The van der Waals surface area contributed by atoms with Crippen molar-refractivity contribution >= 4 is 39.0 Å². The minimum Gasteiger partial charge on any atom is -0.371 e. The fourth-order valence-electron chi connectivity index (χ4n) is 1.83. The van der Waals surface area contributed by atoms with E-state index in [1.54, 1.807) is 0 Å². The number of halogens is 1. The van der Waals surface area contributed by atoms with Gasteiger partial charge >= 0.3 is 0 Å². The normalized spacial score (nSPS) is 10.7. The van der Waals surface area contributed by atoms with E-state index in [1.807, 2.05) is 42.5 Å². The first kappa shape index (κ1) is 11.5. The van der Waals surface area contributed by atoms with Crippen LogP contribution in [0.25, 0.3) is 10.9 Å². The maximum absolute atomic E-state index is 6.13. The molecule has 0 unspecified atom stereocenters. The lowest BCUT2D eigenvalue weighted by atomic mass is 10.2. The molecule has 3 rings (SSSR count). The molecule has 0 amide bonds. The minimum absolute atomic E-state index is 0.714. The number of nitrogens with zero attached hydrogens (tertiary/aromatic N) is 1. The monoisotopic (exact) mass is 274 g/mol. The highest BCUT2D eigenvalue weighted by molar-refractivity contribution is 7.11. The number of nitrogens with one attached hydrogen (secondary N) is 1. The molecule has 0 saturated carbocycles. The molecule has 0 saturated heterocycles. The highest BCUT2D eigenvalue weighted by Crippen LogP contribution is 2.28. The first-order valence-electron chi connectivity index (χ1n) is 5.66. The molecule has 4 heteroatoms. The number of hydrogen-bond acceptors (Lipinski definition) is 3. The van der Waals surface area contributed by atoms with Crippen molar-refractivity contribution in [1.29, 1.82) is 0 Å². The lowest BCUT2D eigenvalue weighted by Gasteiger charge is -2.05. The number of benzene rings is 2.